The highest BCUT2D eigenvalue weighted by Crippen LogP contribution is 2.41. The minimum absolute atomic E-state index is 0. The second-order valence-electron chi connectivity index (χ2n) is 13.9. The predicted molar refractivity (Wildman–Crippen MR) is 245 cm³/mol. The summed E-state index contributed by atoms with van der Waals surface area (Å²) >= 11 is 0. The lowest BCUT2D eigenvalue weighted by atomic mass is 9.90. The Balaban J connectivity index is 0.000000330. The SMILES string of the molecule is Cc1ccc(S(=O)(=O)O)cc1-c1cccc([PH](=O)O)c1-c1cc(S(=O)(=O)O)ccc1C.Cc1ccc(S(=O)(=O)O)cc1-c1cccc([PH](=O)O)c1-c1cc(S(=O)(=O)O)ccc1C.N.N. The van der Waals surface area contributed by atoms with Crippen molar-refractivity contribution < 1.29 is 70.8 Å². The molecule has 2 atom stereocenters. The highest BCUT2D eigenvalue weighted by Gasteiger charge is 2.24. The average Bonchev–Trinajstić information content (AvgIpc) is 3.16. The number of aryl methyl sites for hydroxylation is 4. The zero-order chi connectivity index (χ0) is 46.3. The monoisotopic (exact) mass is 998 g/mol. The number of benzene rings is 6. The van der Waals surface area contributed by atoms with E-state index in [0.717, 1.165) is 0 Å². The van der Waals surface area contributed by atoms with Gasteiger partial charge in [0.05, 0.1) is 19.6 Å². The quantitative estimate of drug-likeness (QED) is 0.0518. The van der Waals surface area contributed by atoms with E-state index in [2.05, 4.69) is 0 Å². The molecule has 0 saturated carbocycles. The van der Waals surface area contributed by atoms with E-state index in [4.69, 9.17) is 0 Å². The van der Waals surface area contributed by atoms with Crippen molar-refractivity contribution in [1.29, 1.82) is 0 Å². The van der Waals surface area contributed by atoms with Crippen molar-refractivity contribution in [1.82, 2.24) is 12.3 Å². The molecule has 0 aliphatic heterocycles. The topological polar surface area (TPSA) is 362 Å². The first-order chi connectivity index (χ1) is 28.6. The Morgan fingerprint density at radius 3 is 0.828 bits per heavy atom. The first-order valence-corrected chi connectivity index (χ1v) is 26.1. The lowest BCUT2D eigenvalue weighted by Gasteiger charge is -2.18. The molecule has 6 rings (SSSR count). The molecule has 0 radical (unpaired) electrons. The van der Waals surface area contributed by atoms with E-state index in [1.54, 1.807) is 39.8 Å². The zero-order valence-electron chi connectivity index (χ0n) is 34.2. The lowest BCUT2D eigenvalue weighted by Crippen LogP contribution is -2.07. The normalized spacial score (nSPS) is 12.8. The summed E-state index contributed by atoms with van der Waals surface area (Å²) in [4.78, 5) is 18.4. The highest BCUT2D eigenvalue weighted by atomic mass is 32.2. The first-order valence-electron chi connectivity index (χ1n) is 17.7. The van der Waals surface area contributed by atoms with Crippen molar-refractivity contribution in [2.24, 2.45) is 0 Å². The van der Waals surface area contributed by atoms with Gasteiger partial charge in [-0.25, -0.2) is 0 Å². The maximum absolute atomic E-state index is 12.2. The summed E-state index contributed by atoms with van der Waals surface area (Å²) in [5, 5.41) is 0.0736. The third-order valence-corrected chi connectivity index (χ3v) is 14.9. The van der Waals surface area contributed by atoms with E-state index in [1.165, 1.54) is 97.1 Å². The Morgan fingerprint density at radius 2 is 0.594 bits per heavy atom. The van der Waals surface area contributed by atoms with E-state index in [1.807, 2.05) is 0 Å². The molecule has 0 amide bonds. The summed E-state index contributed by atoms with van der Waals surface area (Å²) in [6.45, 7) is 6.73. The maximum atomic E-state index is 12.2. The molecule has 0 spiro atoms. The molecule has 0 heterocycles. The van der Waals surface area contributed by atoms with E-state index < -0.39 is 66.3 Å². The number of hydrogen-bond acceptors (Lipinski definition) is 12. The summed E-state index contributed by atoms with van der Waals surface area (Å²) in [6, 6.07) is 24.7. The van der Waals surface area contributed by atoms with Crippen LogP contribution in [0.4, 0.5) is 0 Å². The second kappa shape index (κ2) is 20.2. The molecular formula is C40H44N2O16P2S4. The molecule has 0 aromatic heterocycles. The van der Waals surface area contributed by atoms with Crippen LogP contribution in [0.25, 0.3) is 44.5 Å². The fourth-order valence-electron chi connectivity index (χ4n) is 6.66. The molecule has 6 aromatic rings. The first kappa shape index (κ1) is 53.6. The van der Waals surface area contributed by atoms with Gasteiger partial charge in [0.15, 0.2) is 0 Å². The molecule has 18 nitrogen and oxygen atoms in total. The highest BCUT2D eigenvalue weighted by molar-refractivity contribution is 7.86. The third kappa shape index (κ3) is 11.9. The Morgan fingerprint density at radius 1 is 0.359 bits per heavy atom. The van der Waals surface area contributed by atoms with Crippen molar-refractivity contribution in [3.05, 3.63) is 131 Å². The van der Waals surface area contributed by atoms with Crippen LogP contribution in [-0.2, 0) is 49.6 Å². The summed E-state index contributed by atoms with van der Waals surface area (Å²) in [7, 11) is -24.6. The van der Waals surface area contributed by atoms with Gasteiger partial charge in [0.2, 0.25) is 16.1 Å². The third-order valence-electron chi connectivity index (χ3n) is 9.74. The van der Waals surface area contributed by atoms with Crippen LogP contribution in [-0.4, -0.2) is 61.7 Å². The average molecular weight is 999 g/mol. The van der Waals surface area contributed by atoms with Gasteiger partial charge in [-0.3, -0.25) is 27.3 Å². The smallest absolute Gasteiger partial charge is 0.294 e. The van der Waals surface area contributed by atoms with Crippen molar-refractivity contribution in [2.75, 3.05) is 0 Å². The van der Waals surface area contributed by atoms with Gasteiger partial charge in [-0.2, -0.15) is 33.7 Å². The molecular weight excluding hydrogens is 955 g/mol. The lowest BCUT2D eigenvalue weighted by molar-refractivity contribution is 0.481. The molecule has 0 bridgehead atoms. The number of hydrogen-bond donors (Lipinski definition) is 8. The molecule has 64 heavy (non-hydrogen) atoms. The molecule has 2 unspecified atom stereocenters. The predicted octanol–water partition coefficient (Wildman–Crippen LogP) is 6.77. The van der Waals surface area contributed by atoms with Crippen LogP contribution in [0.15, 0.2) is 129 Å². The van der Waals surface area contributed by atoms with Crippen LogP contribution in [0.3, 0.4) is 0 Å². The van der Waals surface area contributed by atoms with Gasteiger partial charge in [0, 0.05) is 21.7 Å². The van der Waals surface area contributed by atoms with Crippen molar-refractivity contribution in [3.63, 3.8) is 0 Å². The van der Waals surface area contributed by atoms with Gasteiger partial charge in [0.1, 0.15) is 0 Å². The summed E-state index contributed by atoms with van der Waals surface area (Å²) < 4.78 is 155. The molecule has 0 aliphatic carbocycles. The van der Waals surface area contributed by atoms with Crippen molar-refractivity contribution >= 4 is 67.1 Å². The summed E-state index contributed by atoms with van der Waals surface area (Å²) in [5.41, 5.74) is 4.85. The molecule has 24 heteroatoms. The largest absolute Gasteiger partial charge is 0.344 e. The molecule has 0 saturated heterocycles. The second-order valence-corrected chi connectivity index (χ2v) is 21.9. The Bertz CT molecular complexity index is 3090. The van der Waals surface area contributed by atoms with Crippen LogP contribution >= 0.6 is 16.1 Å². The van der Waals surface area contributed by atoms with Gasteiger partial charge in [-0.1, -0.05) is 48.5 Å². The zero-order valence-corrected chi connectivity index (χ0v) is 39.5. The Kier molecular flexibility index (Phi) is 16.9. The van der Waals surface area contributed by atoms with Crippen LogP contribution in [0.5, 0.6) is 0 Å². The van der Waals surface area contributed by atoms with Gasteiger partial charge >= 0.3 is 0 Å². The summed E-state index contributed by atoms with van der Waals surface area (Å²) in [6.07, 6.45) is 0. The van der Waals surface area contributed by atoms with E-state index in [0.29, 0.717) is 44.5 Å². The van der Waals surface area contributed by atoms with Gasteiger partial charge in [-0.15, -0.1) is 0 Å². The fraction of sp³-hybridized carbons (Fsp3) is 0.100. The minimum Gasteiger partial charge on any atom is -0.344 e. The van der Waals surface area contributed by atoms with E-state index in [-0.39, 0.29) is 55.0 Å². The maximum Gasteiger partial charge on any atom is 0.294 e. The van der Waals surface area contributed by atoms with Crippen LogP contribution < -0.4 is 22.9 Å². The molecule has 0 fully saturated rings. The number of rotatable bonds is 10. The van der Waals surface area contributed by atoms with Crippen LogP contribution in [0.1, 0.15) is 22.3 Å². The fourth-order valence-corrected chi connectivity index (χ4v) is 10.1. The summed E-state index contributed by atoms with van der Waals surface area (Å²) in [5.74, 6) is 0. The standard InChI is InChI=1S/2C20H19O8PS2.2H3N/c2*1-12-6-8-14(30(23,24)25)10-17(12)16-4-3-5-19(29(21)22)20(16)18-11-15(31(26,27)28)9-7-13(18)2;;/h2*3-11,29H,1-2H3,(H,21,22)(H,23,24,25)(H,26,27,28);2*1H3. The van der Waals surface area contributed by atoms with Crippen molar-refractivity contribution in [3.8, 4) is 44.5 Å². The Hall–Kier alpha value is -4.74. The molecule has 6 aromatic carbocycles. The van der Waals surface area contributed by atoms with Crippen LogP contribution in [0, 0.1) is 27.7 Å². The molecule has 12 N–H and O–H groups in total. The van der Waals surface area contributed by atoms with E-state index in [9.17, 15) is 70.8 Å². The minimum atomic E-state index is -4.54. The Labute approximate surface area is 371 Å². The van der Waals surface area contributed by atoms with Gasteiger partial charge < -0.3 is 22.1 Å². The van der Waals surface area contributed by atoms with Crippen molar-refractivity contribution in [2.45, 2.75) is 47.3 Å². The van der Waals surface area contributed by atoms with Gasteiger partial charge in [-0.05, 0) is 144 Å². The van der Waals surface area contributed by atoms with Crippen LogP contribution in [0.2, 0.25) is 0 Å². The molecule has 344 valence electrons. The van der Waals surface area contributed by atoms with E-state index >= 15 is 0 Å². The van der Waals surface area contributed by atoms with Gasteiger partial charge in [0.25, 0.3) is 40.5 Å². The molecule has 0 aliphatic rings.